The van der Waals surface area contributed by atoms with Crippen molar-refractivity contribution < 1.29 is 18.7 Å². The third-order valence-electron chi connectivity index (χ3n) is 4.95. The van der Waals surface area contributed by atoms with Crippen molar-refractivity contribution in [3.63, 3.8) is 0 Å². The first-order chi connectivity index (χ1) is 15.1. The number of para-hydroxylation sites is 1. The van der Waals surface area contributed by atoms with Crippen LogP contribution in [-0.4, -0.2) is 34.6 Å². The summed E-state index contributed by atoms with van der Waals surface area (Å²) in [5, 5.41) is 13.4. The van der Waals surface area contributed by atoms with E-state index in [4.69, 9.17) is 9.15 Å². The zero-order valence-corrected chi connectivity index (χ0v) is 16.8. The number of esters is 1. The van der Waals surface area contributed by atoms with Crippen LogP contribution >= 0.6 is 0 Å². The number of amides is 1. The van der Waals surface area contributed by atoms with Gasteiger partial charge in [-0.2, -0.15) is 5.26 Å². The Morgan fingerprint density at radius 3 is 2.77 bits per heavy atom. The number of hydrogen-bond acceptors (Lipinski definition) is 5. The van der Waals surface area contributed by atoms with Crippen LogP contribution in [0, 0.1) is 18.3 Å². The largest absolute Gasteiger partial charge is 0.452 e. The molecule has 8 heteroatoms. The lowest BCUT2D eigenvalue weighted by molar-refractivity contribution is -0.124. The van der Waals surface area contributed by atoms with Gasteiger partial charge < -0.3 is 19.5 Å². The van der Waals surface area contributed by atoms with Gasteiger partial charge in [-0.15, -0.1) is 0 Å². The Morgan fingerprint density at radius 1 is 1.23 bits per heavy atom. The van der Waals surface area contributed by atoms with Gasteiger partial charge in [-0.05, 0) is 37.1 Å². The van der Waals surface area contributed by atoms with Crippen molar-refractivity contribution >= 4 is 22.8 Å². The number of nitrogens with one attached hydrogen (secondary N) is 2. The molecule has 0 saturated heterocycles. The average Bonchev–Trinajstić information content (AvgIpc) is 3.50. The minimum atomic E-state index is -0.775. The van der Waals surface area contributed by atoms with Gasteiger partial charge in [0.05, 0.1) is 0 Å². The summed E-state index contributed by atoms with van der Waals surface area (Å²) in [6, 6.07) is 13.5. The van der Waals surface area contributed by atoms with E-state index in [9.17, 15) is 14.9 Å². The smallest absolute Gasteiger partial charge is 0.343 e. The number of nitriles is 1. The number of aromatic nitrogens is 2. The first-order valence-electron chi connectivity index (χ1n) is 9.74. The van der Waals surface area contributed by atoms with Crippen LogP contribution in [0.25, 0.3) is 16.8 Å². The van der Waals surface area contributed by atoms with E-state index in [0.29, 0.717) is 13.0 Å². The third kappa shape index (κ3) is 4.07. The van der Waals surface area contributed by atoms with E-state index in [0.717, 1.165) is 16.5 Å². The number of hydrogen-bond donors (Lipinski definition) is 2. The van der Waals surface area contributed by atoms with Crippen molar-refractivity contribution in [1.82, 2.24) is 14.9 Å². The van der Waals surface area contributed by atoms with Crippen LogP contribution in [0.5, 0.6) is 0 Å². The van der Waals surface area contributed by atoms with Crippen LogP contribution in [-0.2, 0) is 16.0 Å². The molecule has 31 heavy (non-hydrogen) atoms. The fourth-order valence-electron chi connectivity index (χ4n) is 3.46. The summed E-state index contributed by atoms with van der Waals surface area (Å²) in [6.45, 7) is 1.54. The van der Waals surface area contributed by atoms with Gasteiger partial charge >= 0.3 is 5.97 Å². The number of fused-ring (bicyclic) bond motifs is 1. The maximum atomic E-state index is 12.5. The Kier molecular flexibility index (Phi) is 5.58. The first kappa shape index (κ1) is 20.0. The van der Waals surface area contributed by atoms with Crippen molar-refractivity contribution in [3.8, 4) is 12.0 Å². The summed E-state index contributed by atoms with van der Waals surface area (Å²) in [7, 11) is 0. The molecule has 0 radical (unpaired) electrons. The molecule has 0 unspecified atom stereocenters. The highest BCUT2D eigenvalue weighted by Crippen LogP contribution is 2.26. The maximum Gasteiger partial charge on any atom is 0.343 e. The predicted molar refractivity (Wildman–Crippen MR) is 113 cm³/mol. The number of ether oxygens (including phenoxy) is 1. The standard InChI is InChI=1S/C23H20N4O4/c1-15-21(18(12-24)22(31-15)27-10-4-5-11-27)23(29)30-14-20(28)25-9-8-16-13-26-19-7-3-2-6-17(16)19/h2-7,10-11,13,26H,8-9,14H2,1H3,(H,25,28). The van der Waals surface area contributed by atoms with Crippen LogP contribution in [0.2, 0.25) is 0 Å². The van der Waals surface area contributed by atoms with E-state index in [1.54, 1.807) is 36.0 Å². The van der Waals surface area contributed by atoms with Crippen LogP contribution in [0.1, 0.15) is 27.2 Å². The average molecular weight is 416 g/mol. The number of carbonyl (C=O) groups is 2. The SMILES string of the molecule is Cc1oc(-n2cccc2)c(C#N)c1C(=O)OCC(=O)NCCc1c[nH]c2ccccc12. The minimum Gasteiger partial charge on any atom is -0.452 e. The normalized spacial score (nSPS) is 10.7. The molecule has 2 N–H and O–H groups in total. The highest BCUT2D eigenvalue weighted by atomic mass is 16.5. The topological polar surface area (TPSA) is 113 Å². The van der Waals surface area contributed by atoms with E-state index in [-0.39, 0.29) is 22.8 Å². The molecule has 0 atom stereocenters. The molecule has 1 aromatic carbocycles. The molecule has 3 heterocycles. The Bertz CT molecular complexity index is 1270. The van der Waals surface area contributed by atoms with Crippen LogP contribution in [0.4, 0.5) is 0 Å². The maximum absolute atomic E-state index is 12.5. The molecule has 0 bridgehead atoms. The number of carbonyl (C=O) groups excluding carboxylic acids is 2. The van der Waals surface area contributed by atoms with E-state index < -0.39 is 18.5 Å². The fourth-order valence-corrected chi connectivity index (χ4v) is 3.46. The van der Waals surface area contributed by atoms with Crippen molar-refractivity contribution in [2.75, 3.05) is 13.2 Å². The number of rotatable bonds is 7. The lowest BCUT2D eigenvalue weighted by atomic mass is 10.1. The second-order valence-electron chi connectivity index (χ2n) is 6.95. The van der Waals surface area contributed by atoms with E-state index in [2.05, 4.69) is 10.3 Å². The van der Waals surface area contributed by atoms with Gasteiger partial charge in [0.25, 0.3) is 5.91 Å². The van der Waals surface area contributed by atoms with Gasteiger partial charge in [0.2, 0.25) is 5.88 Å². The molecule has 0 aliphatic carbocycles. The van der Waals surface area contributed by atoms with Gasteiger partial charge in [0.1, 0.15) is 23.0 Å². The molecule has 0 spiro atoms. The second kappa shape index (κ2) is 8.63. The monoisotopic (exact) mass is 416 g/mol. The summed E-state index contributed by atoms with van der Waals surface area (Å²) in [5.41, 5.74) is 2.23. The molecule has 4 aromatic rings. The first-order valence-corrected chi connectivity index (χ1v) is 9.74. The summed E-state index contributed by atoms with van der Waals surface area (Å²) < 4.78 is 12.3. The minimum absolute atomic E-state index is 0.0257. The fraction of sp³-hybridized carbons (Fsp3) is 0.174. The number of nitrogens with zero attached hydrogens (tertiary/aromatic N) is 2. The number of aryl methyl sites for hydroxylation is 1. The summed E-state index contributed by atoms with van der Waals surface area (Å²) in [5.74, 6) is -0.702. The Balaban J connectivity index is 1.33. The van der Waals surface area contributed by atoms with Crippen molar-refractivity contribution in [3.05, 3.63) is 77.4 Å². The number of aromatic amines is 1. The number of furan rings is 1. The number of H-pyrrole nitrogens is 1. The molecule has 0 fully saturated rings. The zero-order valence-electron chi connectivity index (χ0n) is 16.8. The van der Waals surface area contributed by atoms with Gasteiger partial charge in [-0.3, -0.25) is 9.36 Å². The summed E-state index contributed by atoms with van der Waals surface area (Å²) >= 11 is 0. The Hall–Kier alpha value is -4.25. The predicted octanol–water partition coefficient (Wildman–Crippen LogP) is 3.25. The van der Waals surface area contributed by atoms with Gasteiger partial charge in [0, 0.05) is 36.0 Å². The lowest BCUT2D eigenvalue weighted by Gasteiger charge is -2.06. The molecule has 4 rings (SSSR count). The third-order valence-corrected chi connectivity index (χ3v) is 4.95. The molecule has 0 aliphatic rings. The van der Waals surface area contributed by atoms with Gasteiger partial charge in [0.15, 0.2) is 6.61 Å². The highest BCUT2D eigenvalue weighted by Gasteiger charge is 2.26. The van der Waals surface area contributed by atoms with Gasteiger partial charge in [-0.25, -0.2) is 4.79 Å². The highest BCUT2D eigenvalue weighted by molar-refractivity contribution is 5.95. The van der Waals surface area contributed by atoms with Crippen molar-refractivity contribution in [2.24, 2.45) is 0 Å². The van der Waals surface area contributed by atoms with E-state index >= 15 is 0 Å². The number of benzene rings is 1. The van der Waals surface area contributed by atoms with Crippen LogP contribution < -0.4 is 5.32 Å². The molecule has 3 aromatic heterocycles. The van der Waals surface area contributed by atoms with E-state index in [1.807, 2.05) is 36.5 Å². The molecule has 8 nitrogen and oxygen atoms in total. The molecule has 0 saturated carbocycles. The van der Waals surface area contributed by atoms with Crippen molar-refractivity contribution in [2.45, 2.75) is 13.3 Å². The van der Waals surface area contributed by atoms with Crippen molar-refractivity contribution in [1.29, 1.82) is 5.26 Å². The molecule has 0 aliphatic heterocycles. The zero-order chi connectivity index (χ0) is 21.8. The molecular weight excluding hydrogens is 396 g/mol. The quantitative estimate of drug-likeness (QED) is 0.449. The molecule has 1 amide bonds. The molecular formula is C23H20N4O4. The van der Waals surface area contributed by atoms with Crippen LogP contribution in [0.3, 0.4) is 0 Å². The Labute approximate surface area is 178 Å². The second-order valence-corrected chi connectivity index (χ2v) is 6.95. The lowest BCUT2D eigenvalue weighted by Crippen LogP contribution is -2.30. The summed E-state index contributed by atoms with van der Waals surface area (Å²) in [4.78, 5) is 27.8. The Morgan fingerprint density at radius 2 is 2.00 bits per heavy atom. The molecule has 156 valence electrons. The van der Waals surface area contributed by atoms with Crippen LogP contribution in [0.15, 0.2) is 59.4 Å². The summed E-state index contributed by atoms with van der Waals surface area (Å²) in [6.07, 6.45) is 5.97. The van der Waals surface area contributed by atoms with Gasteiger partial charge in [-0.1, -0.05) is 18.2 Å². The van der Waals surface area contributed by atoms with E-state index in [1.165, 1.54) is 0 Å².